The molecule has 6 nitrogen and oxygen atoms in total. The van der Waals surface area contributed by atoms with Crippen LogP contribution in [0.5, 0.6) is 11.5 Å². The van der Waals surface area contributed by atoms with Crippen LogP contribution in [0.2, 0.25) is 0 Å². The molecular formula is C26H23N3O3S2. The van der Waals surface area contributed by atoms with Gasteiger partial charge >= 0.3 is 0 Å². The summed E-state index contributed by atoms with van der Waals surface area (Å²) in [6.45, 7) is 2.48. The zero-order valence-electron chi connectivity index (χ0n) is 18.9. The quantitative estimate of drug-likeness (QED) is 0.320. The molecule has 1 aliphatic rings. The number of aromatic nitrogens is 3. The maximum atomic E-state index is 14.0. The summed E-state index contributed by atoms with van der Waals surface area (Å²) in [6.07, 6.45) is 4.97. The fourth-order valence-corrected chi connectivity index (χ4v) is 6.39. The van der Waals surface area contributed by atoms with Crippen molar-refractivity contribution in [2.75, 3.05) is 7.11 Å². The van der Waals surface area contributed by atoms with E-state index in [-0.39, 0.29) is 11.3 Å². The van der Waals surface area contributed by atoms with Crippen LogP contribution in [0.1, 0.15) is 41.1 Å². The first-order valence-electron chi connectivity index (χ1n) is 11.3. The van der Waals surface area contributed by atoms with Gasteiger partial charge in [-0.25, -0.2) is 9.97 Å². The summed E-state index contributed by atoms with van der Waals surface area (Å²) in [4.78, 5) is 25.2. The number of aryl methyl sites for hydroxylation is 1. The third-order valence-corrected chi connectivity index (χ3v) is 8.58. The molecule has 5 aromatic rings. The third kappa shape index (κ3) is 3.49. The topological polar surface area (TPSA) is 77.2 Å². The second kappa shape index (κ2) is 8.21. The van der Waals surface area contributed by atoms with Crippen LogP contribution in [-0.4, -0.2) is 26.8 Å². The van der Waals surface area contributed by atoms with Gasteiger partial charge in [0.15, 0.2) is 0 Å². The van der Waals surface area contributed by atoms with Crippen molar-refractivity contribution in [1.82, 2.24) is 14.5 Å². The SMILES string of the molecule is CCc1ncc(Cn2c(-c3ccc(OC)cc3C3CC3)nc3sc4c(O)cccc4c3c2=O)s1. The molecule has 0 unspecified atom stereocenters. The van der Waals surface area contributed by atoms with Gasteiger partial charge in [-0.05, 0) is 55.0 Å². The lowest BCUT2D eigenvalue weighted by molar-refractivity contribution is 0.414. The molecule has 0 amide bonds. The Morgan fingerprint density at radius 3 is 2.79 bits per heavy atom. The van der Waals surface area contributed by atoms with Crippen molar-refractivity contribution < 1.29 is 9.84 Å². The summed E-state index contributed by atoms with van der Waals surface area (Å²) in [5.74, 6) is 2.08. The predicted molar refractivity (Wildman–Crippen MR) is 138 cm³/mol. The summed E-state index contributed by atoms with van der Waals surface area (Å²) in [6, 6.07) is 11.3. The van der Waals surface area contributed by atoms with Gasteiger partial charge in [-0.1, -0.05) is 19.1 Å². The number of thiazole rings is 1. The summed E-state index contributed by atoms with van der Waals surface area (Å²) in [5, 5.41) is 12.8. The maximum Gasteiger partial charge on any atom is 0.263 e. The van der Waals surface area contributed by atoms with Gasteiger partial charge in [0.05, 0.1) is 28.7 Å². The Balaban J connectivity index is 1.65. The molecule has 1 aliphatic carbocycles. The standard InChI is InChI=1S/C26H23N3O3S2/c1-3-21-27-12-16(33-21)13-29-24(17-10-9-15(32-2)11-19(17)14-7-8-14)28-25-22(26(29)31)18-5-4-6-20(30)23(18)34-25/h4-6,9-12,14,30H,3,7-8,13H2,1-2H3. The number of thiophene rings is 1. The minimum Gasteiger partial charge on any atom is -0.506 e. The molecule has 172 valence electrons. The molecule has 0 bridgehead atoms. The van der Waals surface area contributed by atoms with E-state index in [1.165, 1.54) is 16.9 Å². The fourth-order valence-electron chi connectivity index (χ4n) is 4.46. The summed E-state index contributed by atoms with van der Waals surface area (Å²) >= 11 is 2.99. The molecule has 34 heavy (non-hydrogen) atoms. The number of ether oxygens (including phenoxy) is 1. The molecule has 0 spiro atoms. The van der Waals surface area contributed by atoms with Crippen molar-refractivity contribution >= 4 is 43.0 Å². The Hall–Kier alpha value is -3.23. The molecule has 3 heterocycles. The van der Waals surface area contributed by atoms with Crippen LogP contribution in [0.25, 0.3) is 31.7 Å². The van der Waals surface area contributed by atoms with Crippen molar-refractivity contribution in [2.45, 2.75) is 38.6 Å². The molecule has 1 N–H and O–H groups in total. The fraction of sp³-hybridized carbons (Fsp3) is 0.269. The smallest absolute Gasteiger partial charge is 0.263 e. The summed E-state index contributed by atoms with van der Waals surface area (Å²) < 4.78 is 7.96. The largest absolute Gasteiger partial charge is 0.506 e. The predicted octanol–water partition coefficient (Wildman–Crippen LogP) is 5.94. The van der Waals surface area contributed by atoms with E-state index < -0.39 is 0 Å². The Morgan fingerprint density at radius 2 is 2.06 bits per heavy atom. The number of phenols is 1. The second-order valence-electron chi connectivity index (χ2n) is 8.56. The van der Waals surface area contributed by atoms with Crippen LogP contribution in [0, 0.1) is 0 Å². The van der Waals surface area contributed by atoms with Gasteiger partial charge in [0.25, 0.3) is 5.56 Å². The van der Waals surface area contributed by atoms with Crippen LogP contribution >= 0.6 is 22.7 Å². The normalized spacial score (nSPS) is 13.7. The molecular weight excluding hydrogens is 466 g/mol. The van der Waals surface area contributed by atoms with Crippen LogP contribution in [0.15, 0.2) is 47.4 Å². The van der Waals surface area contributed by atoms with Gasteiger partial charge in [-0.2, -0.15) is 0 Å². The number of phenolic OH excluding ortho intramolecular Hbond substituents is 1. The molecule has 1 fully saturated rings. The van der Waals surface area contributed by atoms with Gasteiger partial charge in [0.1, 0.15) is 22.2 Å². The molecule has 2 aromatic carbocycles. The number of rotatable bonds is 6. The van der Waals surface area contributed by atoms with Crippen molar-refractivity contribution in [2.24, 2.45) is 0 Å². The van der Waals surface area contributed by atoms with Crippen LogP contribution in [0.3, 0.4) is 0 Å². The molecule has 0 saturated heterocycles. The lowest BCUT2D eigenvalue weighted by Crippen LogP contribution is -2.23. The highest BCUT2D eigenvalue weighted by Crippen LogP contribution is 2.46. The monoisotopic (exact) mass is 489 g/mol. The van der Waals surface area contributed by atoms with E-state index >= 15 is 0 Å². The molecule has 0 radical (unpaired) electrons. The molecule has 6 rings (SSSR count). The van der Waals surface area contributed by atoms with Crippen LogP contribution < -0.4 is 10.3 Å². The second-order valence-corrected chi connectivity index (χ2v) is 10.8. The lowest BCUT2D eigenvalue weighted by Gasteiger charge is -2.16. The van der Waals surface area contributed by atoms with Crippen molar-refractivity contribution in [3.05, 3.63) is 68.4 Å². The first-order valence-corrected chi connectivity index (χ1v) is 13.0. The number of hydrogen-bond donors (Lipinski definition) is 1. The minimum atomic E-state index is -0.0964. The van der Waals surface area contributed by atoms with E-state index in [1.54, 1.807) is 35.1 Å². The highest BCUT2D eigenvalue weighted by molar-refractivity contribution is 7.25. The molecule has 1 saturated carbocycles. The zero-order chi connectivity index (χ0) is 23.4. The van der Waals surface area contributed by atoms with Crippen molar-refractivity contribution in [3.63, 3.8) is 0 Å². The highest BCUT2D eigenvalue weighted by atomic mass is 32.1. The summed E-state index contributed by atoms with van der Waals surface area (Å²) in [7, 11) is 1.67. The Bertz CT molecular complexity index is 1610. The van der Waals surface area contributed by atoms with E-state index in [0.29, 0.717) is 33.2 Å². The van der Waals surface area contributed by atoms with Crippen molar-refractivity contribution in [1.29, 1.82) is 0 Å². The van der Waals surface area contributed by atoms with Gasteiger partial charge in [0, 0.05) is 22.0 Å². The highest BCUT2D eigenvalue weighted by Gasteiger charge is 2.29. The number of methoxy groups -OCH3 is 1. The molecule has 3 aromatic heterocycles. The first kappa shape index (κ1) is 21.3. The molecule has 8 heteroatoms. The minimum absolute atomic E-state index is 0.0964. The van der Waals surface area contributed by atoms with Gasteiger partial charge in [0.2, 0.25) is 0 Å². The molecule has 0 aliphatic heterocycles. The number of hydrogen-bond acceptors (Lipinski definition) is 7. The van der Waals surface area contributed by atoms with Crippen molar-refractivity contribution in [3.8, 4) is 22.9 Å². The Morgan fingerprint density at radius 1 is 1.21 bits per heavy atom. The molecule has 0 atom stereocenters. The number of benzene rings is 2. The lowest BCUT2D eigenvalue weighted by atomic mass is 10.0. The van der Waals surface area contributed by atoms with Gasteiger partial charge < -0.3 is 9.84 Å². The summed E-state index contributed by atoms with van der Waals surface area (Å²) in [5.41, 5.74) is 2.03. The van der Waals surface area contributed by atoms with Gasteiger partial charge in [-0.15, -0.1) is 22.7 Å². The van der Waals surface area contributed by atoms with Crippen LogP contribution in [-0.2, 0) is 13.0 Å². The average molecular weight is 490 g/mol. The average Bonchev–Trinajstić information content (AvgIpc) is 3.48. The first-order chi connectivity index (χ1) is 16.6. The number of nitrogens with zero attached hydrogens (tertiary/aromatic N) is 3. The van der Waals surface area contributed by atoms with E-state index in [2.05, 4.69) is 18.0 Å². The third-order valence-electron chi connectivity index (χ3n) is 6.33. The maximum absolute atomic E-state index is 14.0. The van der Waals surface area contributed by atoms with E-state index in [9.17, 15) is 9.90 Å². The number of aromatic hydroxyl groups is 1. The Kier molecular flexibility index (Phi) is 5.15. The van der Waals surface area contributed by atoms with E-state index in [1.807, 2.05) is 24.4 Å². The van der Waals surface area contributed by atoms with Crippen LogP contribution in [0.4, 0.5) is 0 Å². The van der Waals surface area contributed by atoms with E-state index in [4.69, 9.17) is 9.72 Å². The Labute approximate surface area is 204 Å². The zero-order valence-corrected chi connectivity index (χ0v) is 20.5. The van der Waals surface area contributed by atoms with E-state index in [0.717, 1.165) is 45.8 Å². The van der Waals surface area contributed by atoms with Gasteiger partial charge in [-0.3, -0.25) is 9.36 Å². The number of fused-ring (bicyclic) bond motifs is 3.